The van der Waals surface area contributed by atoms with Crippen LogP contribution in [0.5, 0.6) is 0 Å². The Kier molecular flexibility index (Phi) is 4.92. The SMILES string of the molecule is CC(C)(c1cccc(-c2cccc3ccccc23)n1)c1nn(-c2cccc(F)n2)c2ccccc12. The van der Waals surface area contributed by atoms with Gasteiger partial charge in [0, 0.05) is 10.9 Å². The van der Waals surface area contributed by atoms with Gasteiger partial charge in [-0.15, -0.1) is 0 Å². The van der Waals surface area contributed by atoms with Crippen molar-refractivity contribution < 1.29 is 4.39 Å². The molecule has 0 fully saturated rings. The van der Waals surface area contributed by atoms with Crippen LogP contribution in [-0.4, -0.2) is 19.7 Å². The highest BCUT2D eigenvalue weighted by Gasteiger charge is 2.31. The molecule has 0 N–H and O–H groups in total. The van der Waals surface area contributed by atoms with E-state index in [0.29, 0.717) is 5.82 Å². The number of fused-ring (bicyclic) bond motifs is 2. The molecule has 0 radical (unpaired) electrons. The molecule has 0 unspecified atom stereocenters. The van der Waals surface area contributed by atoms with E-state index < -0.39 is 11.4 Å². The van der Waals surface area contributed by atoms with Crippen LogP contribution in [0.15, 0.2) is 103 Å². The molecule has 3 aromatic heterocycles. The number of rotatable bonds is 4. The third-order valence-electron chi connectivity index (χ3n) is 6.55. The first-order chi connectivity index (χ1) is 17.0. The molecule has 6 aromatic rings. The lowest BCUT2D eigenvalue weighted by Crippen LogP contribution is -2.22. The van der Waals surface area contributed by atoms with Crippen molar-refractivity contribution in [2.45, 2.75) is 19.3 Å². The van der Waals surface area contributed by atoms with Crippen LogP contribution in [0.2, 0.25) is 0 Å². The molecule has 6 rings (SSSR count). The molecule has 3 heterocycles. The maximum Gasteiger partial charge on any atom is 0.214 e. The average Bonchev–Trinajstić information content (AvgIpc) is 3.29. The standard InChI is InChI=1S/C30H23FN4/c1-30(2,26-17-8-15-24(32-26)22-14-7-11-20-10-3-4-12-21(20)22)29-23-13-5-6-16-25(23)35(34-29)28-19-9-18-27(31)33-28/h3-19H,1-2H3. The quantitative estimate of drug-likeness (QED) is 0.265. The lowest BCUT2D eigenvalue weighted by atomic mass is 9.83. The van der Waals surface area contributed by atoms with Gasteiger partial charge >= 0.3 is 0 Å². The molecule has 3 aromatic carbocycles. The van der Waals surface area contributed by atoms with E-state index >= 15 is 0 Å². The second kappa shape index (κ2) is 8.13. The smallest absolute Gasteiger partial charge is 0.214 e. The third-order valence-corrected chi connectivity index (χ3v) is 6.55. The summed E-state index contributed by atoms with van der Waals surface area (Å²) in [6.45, 7) is 4.25. The summed E-state index contributed by atoms with van der Waals surface area (Å²) in [5.74, 6) is -0.0898. The van der Waals surface area contributed by atoms with E-state index in [1.165, 1.54) is 16.8 Å². The van der Waals surface area contributed by atoms with E-state index in [4.69, 9.17) is 10.1 Å². The zero-order chi connectivity index (χ0) is 24.0. The van der Waals surface area contributed by atoms with Crippen molar-refractivity contribution in [1.29, 1.82) is 0 Å². The number of nitrogens with zero attached hydrogens (tertiary/aromatic N) is 4. The topological polar surface area (TPSA) is 43.6 Å². The van der Waals surface area contributed by atoms with Gasteiger partial charge in [-0.25, -0.2) is 9.67 Å². The Balaban J connectivity index is 1.51. The maximum absolute atomic E-state index is 13.9. The van der Waals surface area contributed by atoms with Gasteiger partial charge in [-0.3, -0.25) is 4.98 Å². The van der Waals surface area contributed by atoms with E-state index in [-0.39, 0.29) is 0 Å². The summed E-state index contributed by atoms with van der Waals surface area (Å²) in [5.41, 5.74) is 4.15. The average molecular weight is 459 g/mol. The van der Waals surface area contributed by atoms with Crippen molar-refractivity contribution in [1.82, 2.24) is 19.7 Å². The second-order valence-electron chi connectivity index (χ2n) is 9.16. The molecule has 0 saturated carbocycles. The Hall–Kier alpha value is -4.38. The maximum atomic E-state index is 13.9. The molecule has 0 bridgehead atoms. The number of benzene rings is 3. The minimum atomic E-state index is -0.535. The Bertz CT molecular complexity index is 1690. The molecule has 35 heavy (non-hydrogen) atoms. The van der Waals surface area contributed by atoms with Gasteiger partial charge in [0.2, 0.25) is 5.95 Å². The molecular formula is C30H23FN4. The lowest BCUT2D eigenvalue weighted by Gasteiger charge is -2.23. The fraction of sp³-hybridized carbons (Fsp3) is 0.100. The van der Waals surface area contributed by atoms with Crippen molar-refractivity contribution in [3.05, 3.63) is 120 Å². The highest BCUT2D eigenvalue weighted by atomic mass is 19.1. The van der Waals surface area contributed by atoms with Crippen LogP contribution in [0.1, 0.15) is 25.2 Å². The normalized spacial score (nSPS) is 11.9. The molecular weight excluding hydrogens is 435 g/mol. The van der Waals surface area contributed by atoms with Crippen LogP contribution in [-0.2, 0) is 5.41 Å². The van der Waals surface area contributed by atoms with Gasteiger partial charge in [0.05, 0.1) is 28.0 Å². The number of halogens is 1. The van der Waals surface area contributed by atoms with E-state index in [2.05, 4.69) is 67.4 Å². The minimum absolute atomic E-state index is 0.445. The molecule has 0 atom stereocenters. The Labute approximate surface area is 202 Å². The molecule has 0 aliphatic rings. The van der Waals surface area contributed by atoms with Crippen molar-refractivity contribution in [2.24, 2.45) is 0 Å². The fourth-order valence-corrected chi connectivity index (χ4v) is 4.72. The molecule has 0 amide bonds. The van der Waals surface area contributed by atoms with Crippen molar-refractivity contribution in [3.8, 4) is 17.1 Å². The molecule has 4 nitrogen and oxygen atoms in total. The first-order valence-corrected chi connectivity index (χ1v) is 11.6. The van der Waals surface area contributed by atoms with Crippen LogP contribution in [0.25, 0.3) is 38.8 Å². The van der Waals surface area contributed by atoms with E-state index in [1.807, 2.05) is 36.4 Å². The predicted octanol–water partition coefficient (Wildman–Crippen LogP) is 7.10. The largest absolute Gasteiger partial charge is 0.252 e. The van der Waals surface area contributed by atoms with Gasteiger partial charge in [-0.2, -0.15) is 9.49 Å². The molecule has 0 saturated heterocycles. The summed E-state index contributed by atoms with van der Waals surface area (Å²) in [5, 5.41) is 8.29. The van der Waals surface area contributed by atoms with Crippen molar-refractivity contribution in [2.75, 3.05) is 0 Å². The molecule has 170 valence electrons. The number of para-hydroxylation sites is 1. The van der Waals surface area contributed by atoms with E-state index in [9.17, 15) is 4.39 Å². The van der Waals surface area contributed by atoms with Crippen LogP contribution >= 0.6 is 0 Å². The molecule has 5 heteroatoms. The second-order valence-corrected chi connectivity index (χ2v) is 9.16. The number of aromatic nitrogens is 4. The number of pyridine rings is 2. The van der Waals surface area contributed by atoms with Gasteiger partial charge in [-0.1, -0.05) is 72.8 Å². The first-order valence-electron chi connectivity index (χ1n) is 11.6. The Morgan fingerprint density at radius 2 is 1.40 bits per heavy atom. The van der Waals surface area contributed by atoms with Crippen LogP contribution in [0.3, 0.4) is 0 Å². The van der Waals surface area contributed by atoms with Gasteiger partial charge < -0.3 is 0 Å². The fourth-order valence-electron chi connectivity index (χ4n) is 4.72. The molecule has 0 aliphatic carbocycles. The van der Waals surface area contributed by atoms with Gasteiger partial charge in [0.1, 0.15) is 0 Å². The monoisotopic (exact) mass is 458 g/mol. The summed E-state index contributed by atoms with van der Waals surface area (Å²) >= 11 is 0. The van der Waals surface area contributed by atoms with Crippen molar-refractivity contribution >= 4 is 21.7 Å². The molecule has 0 spiro atoms. The van der Waals surface area contributed by atoms with Crippen LogP contribution < -0.4 is 0 Å². The lowest BCUT2D eigenvalue weighted by molar-refractivity contribution is 0.571. The summed E-state index contributed by atoms with van der Waals surface area (Å²) in [7, 11) is 0. The predicted molar refractivity (Wildman–Crippen MR) is 138 cm³/mol. The third kappa shape index (κ3) is 3.56. The van der Waals surface area contributed by atoms with Gasteiger partial charge in [0.15, 0.2) is 5.82 Å². The Morgan fingerprint density at radius 1 is 0.686 bits per heavy atom. The van der Waals surface area contributed by atoms with Crippen LogP contribution in [0.4, 0.5) is 4.39 Å². The van der Waals surface area contributed by atoms with Crippen LogP contribution in [0, 0.1) is 5.95 Å². The summed E-state index contributed by atoms with van der Waals surface area (Å²) in [6.07, 6.45) is 0. The number of hydrogen-bond donors (Lipinski definition) is 0. The number of hydrogen-bond acceptors (Lipinski definition) is 3. The van der Waals surface area contributed by atoms with Crippen molar-refractivity contribution in [3.63, 3.8) is 0 Å². The summed E-state index contributed by atoms with van der Waals surface area (Å²) in [4.78, 5) is 9.18. The molecule has 0 aliphatic heterocycles. The summed E-state index contributed by atoms with van der Waals surface area (Å²) < 4.78 is 15.6. The zero-order valence-corrected chi connectivity index (χ0v) is 19.5. The first kappa shape index (κ1) is 21.2. The van der Waals surface area contributed by atoms with E-state index in [0.717, 1.165) is 33.5 Å². The summed E-state index contributed by atoms with van der Waals surface area (Å²) in [6, 6.07) is 33.5. The highest BCUT2D eigenvalue weighted by molar-refractivity contribution is 5.95. The zero-order valence-electron chi connectivity index (χ0n) is 19.5. The van der Waals surface area contributed by atoms with Gasteiger partial charge in [-0.05, 0) is 55.0 Å². The highest BCUT2D eigenvalue weighted by Crippen LogP contribution is 2.36. The minimum Gasteiger partial charge on any atom is -0.252 e. The van der Waals surface area contributed by atoms with Gasteiger partial charge in [0.25, 0.3) is 0 Å². The van der Waals surface area contributed by atoms with E-state index in [1.54, 1.807) is 16.8 Å². The Morgan fingerprint density at radius 3 is 2.26 bits per heavy atom.